The van der Waals surface area contributed by atoms with E-state index >= 15 is 0 Å². The van der Waals surface area contributed by atoms with Crippen LogP contribution in [0.5, 0.6) is 5.75 Å². The molecule has 0 spiro atoms. The van der Waals surface area contributed by atoms with Gasteiger partial charge in [0.15, 0.2) is 0 Å². The Labute approximate surface area is 134 Å². The molecule has 0 radical (unpaired) electrons. The van der Waals surface area contributed by atoms with Gasteiger partial charge in [0.1, 0.15) is 12.4 Å². The van der Waals surface area contributed by atoms with Crippen molar-refractivity contribution >= 4 is 5.91 Å². The summed E-state index contributed by atoms with van der Waals surface area (Å²) >= 11 is 0. The van der Waals surface area contributed by atoms with Gasteiger partial charge in [0.25, 0.3) is 5.91 Å². The first kappa shape index (κ1) is 14.3. The van der Waals surface area contributed by atoms with Crippen LogP contribution in [-0.2, 0) is 11.8 Å². The summed E-state index contributed by atoms with van der Waals surface area (Å²) < 4.78 is 12.8. The molecule has 1 aromatic heterocycles. The van der Waals surface area contributed by atoms with Crippen molar-refractivity contribution in [2.75, 3.05) is 19.8 Å². The number of amides is 1. The molecule has 0 aliphatic carbocycles. The Kier molecular flexibility index (Phi) is 3.53. The number of nitrogens with zero attached hydrogens (tertiary/aromatic N) is 2. The fourth-order valence-electron chi connectivity index (χ4n) is 3.25. The number of nitrogens with one attached hydrogen (secondary N) is 1. The van der Waals surface area contributed by atoms with Gasteiger partial charge in [0.05, 0.1) is 23.9 Å². The van der Waals surface area contributed by atoms with Crippen molar-refractivity contribution in [1.29, 1.82) is 0 Å². The van der Waals surface area contributed by atoms with E-state index in [-0.39, 0.29) is 17.9 Å². The Morgan fingerprint density at radius 2 is 2.22 bits per heavy atom. The Hall–Kier alpha value is -2.34. The van der Waals surface area contributed by atoms with E-state index in [1.807, 2.05) is 31.3 Å². The maximum Gasteiger partial charge on any atom is 0.255 e. The van der Waals surface area contributed by atoms with Crippen LogP contribution in [0.1, 0.15) is 40.0 Å². The van der Waals surface area contributed by atoms with E-state index in [9.17, 15) is 4.79 Å². The topological polar surface area (TPSA) is 65.4 Å². The number of aromatic nitrogens is 2. The lowest BCUT2D eigenvalue weighted by molar-refractivity contribution is 0.0928. The summed E-state index contributed by atoms with van der Waals surface area (Å²) in [6.45, 7) is 1.83. The number of para-hydroxylation sites is 1. The lowest BCUT2D eigenvalue weighted by Crippen LogP contribution is -2.30. The molecule has 1 amide bonds. The van der Waals surface area contributed by atoms with Gasteiger partial charge < -0.3 is 14.8 Å². The third kappa shape index (κ3) is 2.59. The predicted molar refractivity (Wildman–Crippen MR) is 83.5 cm³/mol. The van der Waals surface area contributed by atoms with Crippen LogP contribution in [0.3, 0.4) is 0 Å². The number of ether oxygens (including phenoxy) is 2. The van der Waals surface area contributed by atoms with Crippen molar-refractivity contribution in [3.63, 3.8) is 0 Å². The van der Waals surface area contributed by atoms with Crippen LogP contribution in [-0.4, -0.2) is 35.5 Å². The number of benzene rings is 1. The third-order valence-electron chi connectivity index (χ3n) is 4.42. The molecule has 6 heteroatoms. The summed E-state index contributed by atoms with van der Waals surface area (Å²) in [4.78, 5) is 12.7. The number of carbonyl (C=O) groups is 1. The van der Waals surface area contributed by atoms with Gasteiger partial charge in [-0.15, -0.1) is 0 Å². The summed E-state index contributed by atoms with van der Waals surface area (Å²) in [6.07, 6.45) is 2.69. The highest BCUT2D eigenvalue weighted by Crippen LogP contribution is 2.32. The second-order valence-corrected chi connectivity index (χ2v) is 6.04. The molecule has 2 aliphatic heterocycles. The lowest BCUT2D eigenvalue weighted by Gasteiger charge is -2.13. The smallest absolute Gasteiger partial charge is 0.255 e. The quantitative estimate of drug-likeness (QED) is 0.938. The highest BCUT2D eigenvalue weighted by molar-refractivity contribution is 5.95. The third-order valence-corrected chi connectivity index (χ3v) is 4.42. The first-order valence-electron chi connectivity index (χ1n) is 7.86. The van der Waals surface area contributed by atoms with E-state index < -0.39 is 0 Å². The summed E-state index contributed by atoms with van der Waals surface area (Å²) in [5.41, 5.74) is 2.48. The molecule has 2 unspecified atom stereocenters. The Bertz CT molecular complexity index is 734. The van der Waals surface area contributed by atoms with Crippen LogP contribution >= 0.6 is 0 Å². The number of rotatable bonds is 3. The predicted octanol–water partition coefficient (Wildman–Crippen LogP) is 1.79. The molecule has 1 fully saturated rings. The normalized spacial score (nSPS) is 22.7. The van der Waals surface area contributed by atoms with Gasteiger partial charge >= 0.3 is 0 Å². The molecule has 6 nitrogen and oxygen atoms in total. The van der Waals surface area contributed by atoms with Gasteiger partial charge in [0.2, 0.25) is 0 Å². The summed E-state index contributed by atoms with van der Waals surface area (Å²) in [5.74, 6) is 0.933. The molecule has 0 saturated carbocycles. The van der Waals surface area contributed by atoms with Gasteiger partial charge in [0, 0.05) is 31.3 Å². The highest BCUT2D eigenvalue weighted by Gasteiger charge is 2.30. The van der Waals surface area contributed by atoms with Crippen molar-refractivity contribution in [2.24, 2.45) is 7.05 Å². The van der Waals surface area contributed by atoms with Gasteiger partial charge in [-0.25, -0.2) is 0 Å². The van der Waals surface area contributed by atoms with E-state index in [1.165, 1.54) is 0 Å². The van der Waals surface area contributed by atoms with Crippen LogP contribution in [0.25, 0.3) is 0 Å². The average molecular weight is 313 g/mol. The summed E-state index contributed by atoms with van der Waals surface area (Å²) in [6, 6.07) is 7.68. The molecule has 2 atom stereocenters. The van der Waals surface area contributed by atoms with Crippen molar-refractivity contribution in [2.45, 2.75) is 18.4 Å². The van der Waals surface area contributed by atoms with Crippen molar-refractivity contribution in [3.8, 4) is 5.75 Å². The van der Waals surface area contributed by atoms with Gasteiger partial charge in [-0.2, -0.15) is 5.10 Å². The minimum atomic E-state index is -0.119. The van der Waals surface area contributed by atoms with E-state index in [0.29, 0.717) is 18.8 Å². The molecule has 2 aromatic rings. The molecular weight excluding hydrogens is 294 g/mol. The molecule has 0 bridgehead atoms. The minimum Gasteiger partial charge on any atom is -0.491 e. The second kappa shape index (κ2) is 5.70. The summed E-state index contributed by atoms with van der Waals surface area (Å²) in [5, 5.41) is 7.55. The van der Waals surface area contributed by atoms with E-state index in [0.717, 1.165) is 30.0 Å². The number of fused-ring (bicyclic) bond motifs is 1. The number of hydrogen-bond acceptors (Lipinski definition) is 4. The molecule has 1 aromatic carbocycles. The molecule has 120 valence electrons. The number of hydrogen-bond donors (Lipinski definition) is 1. The number of carbonyl (C=O) groups excluding carboxylic acids is 1. The fraction of sp³-hybridized carbons (Fsp3) is 0.412. The SMILES string of the molecule is Cn1cc(C(=O)NC2COc3ccccc32)c(C2CCOC2)n1. The van der Waals surface area contributed by atoms with Crippen LogP contribution in [0.2, 0.25) is 0 Å². The van der Waals surface area contributed by atoms with Crippen LogP contribution in [0, 0.1) is 0 Å². The second-order valence-electron chi connectivity index (χ2n) is 6.04. The Morgan fingerprint density at radius 1 is 1.35 bits per heavy atom. The molecular formula is C17H19N3O3. The maximum atomic E-state index is 12.7. The first-order valence-corrected chi connectivity index (χ1v) is 7.86. The molecule has 1 saturated heterocycles. The van der Waals surface area contributed by atoms with Crippen LogP contribution in [0.15, 0.2) is 30.5 Å². The van der Waals surface area contributed by atoms with Gasteiger partial charge in [-0.1, -0.05) is 18.2 Å². The largest absolute Gasteiger partial charge is 0.491 e. The van der Waals surface area contributed by atoms with Gasteiger partial charge in [-0.3, -0.25) is 9.48 Å². The van der Waals surface area contributed by atoms with Gasteiger partial charge in [-0.05, 0) is 12.5 Å². The maximum absolute atomic E-state index is 12.7. The number of aryl methyl sites for hydroxylation is 1. The molecule has 4 rings (SSSR count). The Balaban J connectivity index is 1.56. The first-order chi connectivity index (χ1) is 11.2. The molecule has 3 heterocycles. The monoisotopic (exact) mass is 313 g/mol. The molecule has 1 N–H and O–H groups in total. The minimum absolute atomic E-state index is 0.106. The zero-order valence-electron chi connectivity index (χ0n) is 13.0. The Morgan fingerprint density at radius 3 is 3.04 bits per heavy atom. The average Bonchev–Trinajstić information content (AvgIpc) is 3.27. The van der Waals surface area contributed by atoms with Crippen LogP contribution < -0.4 is 10.1 Å². The van der Waals surface area contributed by atoms with E-state index in [4.69, 9.17) is 9.47 Å². The summed E-state index contributed by atoms with van der Waals surface area (Å²) in [7, 11) is 1.84. The van der Waals surface area contributed by atoms with Crippen LogP contribution in [0.4, 0.5) is 0 Å². The molecule has 2 aliphatic rings. The van der Waals surface area contributed by atoms with Crippen molar-refractivity contribution in [3.05, 3.63) is 47.3 Å². The fourth-order valence-corrected chi connectivity index (χ4v) is 3.25. The van der Waals surface area contributed by atoms with E-state index in [2.05, 4.69) is 10.4 Å². The zero-order valence-corrected chi connectivity index (χ0v) is 13.0. The van der Waals surface area contributed by atoms with Crippen molar-refractivity contribution in [1.82, 2.24) is 15.1 Å². The lowest BCUT2D eigenvalue weighted by atomic mass is 10.0. The van der Waals surface area contributed by atoms with Crippen molar-refractivity contribution < 1.29 is 14.3 Å². The van der Waals surface area contributed by atoms with E-state index in [1.54, 1.807) is 10.9 Å². The highest BCUT2D eigenvalue weighted by atomic mass is 16.5. The zero-order chi connectivity index (χ0) is 15.8. The standard InChI is InChI=1S/C17H19N3O3/c1-20-8-13(16(19-20)11-6-7-22-9-11)17(21)18-14-10-23-15-5-3-2-4-12(14)15/h2-5,8,11,14H,6-7,9-10H2,1H3,(H,18,21). The molecule has 23 heavy (non-hydrogen) atoms.